The third kappa shape index (κ3) is 3.82. The summed E-state index contributed by atoms with van der Waals surface area (Å²) >= 11 is -0.490. The Morgan fingerprint density at radius 3 is 2.62 bits per heavy atom. The average molecular weight is 417 g/mol. The normalized spacial score (nSPS) is 10.5. The van der Waals surface area contributed by atoms with Crippen LogP contribution in [0.3, 0.4) is 0 Å². The number of aromatic carboxylic acids is 1. The first-order chi connectivity index (χ1) is 12.5. The summed E-state index contributed by atoms with van der Waals surface area (Å²) < 4.78 is 6.43. The van der Waals surface area contributed by atoms with E-state index in [-0.39, 0.29) is 22.5 Å². The van der Waals surface area contributed by atoms with Gasteiger partial charge in [0.2, 0.25) is 0 Å². The molecule has 0 saturated carbocycles. The molecule has 1 heterocycles. The molecule has 26 heavy (non-hydrogen) atoms. The third-order valence-corrected chi connectivity index (χ3v) is 6.14. The SMILES string of the molecule is Cc1nc(-c2ccc(OCc3ccccc3)c([N+](=O)[O-])c2)[se]c1C(=O)O. The van der Waals surface area contributed by atoms with Crippen molar-refractivity contribution < 1.29 is 19.6 Å². The molecule has 3 aromatic rings. The van der Waals surface area contributed by atoms with Gasteiger partial charge >= 0.3 is 154 Å². The third-order valence-electron chi connectivity index (χ3n) is 3.63. The van der Waals surface area contributed by atoms with Gasteiger partial charge in [0.15, 0.2) is 0 Å². The summed E-state index contributed by atoms with van der Waals surface area (Å²) in [5.74, 6) is -0.838. The molecular weight excluding hydrogens is 403 g/mol. The van der Waals surface area contributed by atoms with Crippen molar-refractivity contribution in [3.8, 4) is 15.9 Å². The van der Waals surface area contributed by atoms with E-state index < -0.39 is 25.4 Å². The van der Waals surface area contributed by atoms with E-state index >= 15 is 0 Å². The molecule has 0 aliphatic carbocycles. The molecule has 8 heteroatoms. The zero-order valence-electron chi connectivity index (χ0n) is 13.7. The van der Waals surface area contributed by atoms with Crippen molar-refractivity contribution >= 4 is 26.2 Å². The molecule has 0 fully saturated rings. The minimum absolute atomic E-state index is 0.164. The summed E-state index contributed by atoms with van der Waals surface area (Å²) in [7, 11) is 0. The van der Waals surface area contributed by atoms with Gasteiger partial charge in [0, 0.05) is 0 Å². The zero-order valence-corrected chi connectivity index (χ0v) is 15.4. The van der Waals surface area contributed by atoms with Crippen molar-refractivity contribution in [2.45, 2.75) is 13.5 Å². The van der Waals surface area contributed by atoms with Gasteiger partial charge in [-0.1, -0.05) is 0 Å². The fourth-order valence-corrected chi connectivity index (χ4v) is 4.26. The first-order valence-corrected chi connectivity index (χ1v) is 9.33. The molecule has 1 aromatic heterocycles. The number of carbonyl (C=O) groups is 1. The van der Waals surface area contributed by atoms with Crippen molar-refractivity contribution in [1.82, 2.24) is 4.98 Å². The summed E-state index contributed by atoms with van der Waals surface area (Å²) in [5, 5.41) is 20.6. The predicted molar refractivity (Wildman–Crippen MR) is 95.7 cm³/mol. The molecule has 0 aliphatic rings. The molecule has 0 amide bonds. The summed E-state index contributed by atoms with van der Waals surface area (Å²) in [5.41, 5.74) is 1.72. The second kappa shape index (κ2) is 7.51. The number of nitro groups is 1. The topological polar surface area (TPSA) is 103 Å². The van der Waals surface area contributed by atoms with E-state index in [1.807, 2.05) is 30.3 Å². The number of aryl methyl sites for hydroxylation is 1. The molecule has 3 rings (SSSR count). The van der Waals surface area contributed by atoms with Crippen LogP contribution in [0.25, 0.3) is 10.1 Å². The predicted octanol–water partition coefficient (Wildman–Crippen LogP) is 3.30. The summed E-state index contributed by atoms with van der Waals surface area (Å²) in [6.45, 7) is 1.85. The first-order valence-electron chi connectivity index (χ1n) is 7.62. The zero-order chi connectivity index (χ0) is 18.7. The Morgan fingerprint density at radius 1 is 1.27 bits per heavy atom. The fraction of sp³-hybridized carbons (Fsp3) is 0.111. The molecule has 0 bridgehead atoms. The number of carboxylic acids is 1. The van der Waals surface area contributed by atoms with E-state index in [0.29, 0.717) is 15.8 Å². The van der Waals surface area contributed by atoms with Gasteiger partial charge in [-0.2, -0.15) is 0 Å². The van der Waals surface area contributed by atoms with Crippen LogP contribution in [0.2, 0.25) is 0 Å². The molecule has 0 unspecified atom stereocenters. The molecule has 7 nitrogen and oxygen atoms in total. The van der Waals surface area contributed by atoms with Crippen LogP contribution < -0.4 is 4.74 Å². The molecule has 0 radical (unpaired) electrons. The molecule has 2 aromatic carbocycles. The fourth-order valence-electron chi connectivity index (χ4n) is 2.37. The Hall–Kier alpha value is -2.96. The van der Waals surface area contributed by atoms with Crippen LogP contribution >= 0.6 is 0 Å². The van der Waals surface area contributed by atoms with Gasteiger partial charge in [0.1, 0.15) is 0 Å². The van der Waals surface area contributed by atoms with Gasteiger partial charge < -0.3 is 0 Å². The summed E-state index contributed by atoms with van der Waals surface area (Å²) in [4.78, 5) is 26.4. The molecule has 132 valence electrons. The Kier molecular flexibility index (Phi) is 5.16. The van der Waals surface area contributed by atoms with Gasteiger partial charge in [-0.05, 0) is 0 Å². The molecule has 1 N–H and O–H groups in total. The number of hydrogen-bond donors (Lipinski definition) is 1. The average Bonchev–Trinajstić information content (AvgIpc) is 3.02. The van der Waals surface area contributed by atoms with Crippen LogP contribution in [-0.4, -0.2) is 35.5 Å². The van der Waals surface area contributed by atoms with Crippen molar-refractivity contribution in [3.63, 3.8) is 0 Å². The van der Waals surface area contributed by atoms with Gasteiger partial charge in [-0.25, -0.2) is 0 Å². The van der Waals surface area contributed by atoms with Crippen LogP contribution in [0, 0.1) is 17.0 Å². The summed E-state index contributed by atoms with van der Waals surface area (Å²) in [6, 6.07) is 14.0. The number of carboxylic acid groups (broad SMARTS) is 1. The Morgan fingerprint density at radius 2 is 2.00 bits per heavy atom. The quantitative estimate of drug-likeness (QED) is 0.375. The number of nitrogens with zero attached hydrogens (tertiary/aromatic N) is 2. The van der Waals surface area contributed by atoms with Gasteiger partial charge in [-0.15, -0.1) is 0 Å². The Labute approximate surface area is 154 Å². The van der Waals surface area contributed by atoms with Gasteiger partial charge in [-0.3, -0.25) is 0 Å². The summed E-state index contributed by atoms with van der Waals surface area (Å²) in [6.07, 6.45) is 0. The second-order valence-electron chi connectivity index (χ2n) is 5.45. The number of benzene rings is 2. The minimum atomic E-state index is -1.00. The first kappa shape index (κ1) is 17.8. The van der Waals surface area contributed by atoms with Crippen LogP contribution in [0.1, 0.15) is 20.5 Å². The number of ether oxygens (including phenoxy) is 1. The van der Waals surface area contributed by atoms with Gasteiger partial charge in [0.25, 0.3) is 0 Å². The van der Waals surface area contributed by atoms with Crippen LogP contribution in [-0.2, 0) is 6.61 Å². The van der Waals surface area contributed by atoms with Crippen LogP contribution in [0.4, 0.5) is 5.69 Å². The molecule has 0 saturated heterocycles. The number of rotatable bonds is 6. The number of nitro benzene ring substituents is 1. The van der Waals surface area contributed by atoms with E-state index in [1.54, 1.807) is 13.0 Å². The molecule has 0 atom stereocenters. The Bertz CT molecular complexity index is 969. The maximum atomic E-state index is 11.4. The molecular formula is C18H14N2O5Se. The van der Waals surface area contributed by atoms with E-state index in [4.69, 9.17) is 9.84 Å². The second-order valence-corrected chi connectivity index (χ2v) is 7.55. The standard InChI is InChI=1S/C18H14N2O5Se/c1-11-16(18(21)22)26-17(19-11)13-7-8-15(14(9-13)20(23)24)25-10-12-5-3-2-4-6-12/h2-9H,10H2,1H3,(H,21,22). The van der Waals surface area contributed by atoms with E-state index in [9.17, 15) is 14.9 Å². The van der Waals surface area contributed by atoms with E-state index in [1.165, 1.54) is 12.1 Å². The van der Waals surface area contributed by atoms with Crippen molar-refractivity contribution in [1.29, 1.82) is 0 Å². The number of hydrogen-bond acceptors (Lipinski definition) is 5. The molecule has 0 spiro atoms. The molecule has 0 aliphatic heterocycles. The van der Waals surface area contributed by atoms with Crippen LogP contribution in [0.5, 0.6) is 5.75 Å². The van der Waals surface area contributed by atoms with Crippen molar-refractivity contribution in [2.24, 2.45) is 0 Å². The Balaban J connectivity index is 1.90. The number of aromatic nitrogens is 1. The van der Waals surface area contributed by atoms with Crippen molar-refractivity contribution in [2.75, 3.05) is 0 Å². The van der Waals surface area contributed by atoms with E-state index in [2.05, 4.69) is 4.98 Å². The van der Waals surface area contributed by atoms with Crippen molar-refractivity contribution in [3.05, 3.63) is 74.3 Å². The van der Waals surface area contributed by atoms with Crippen LogP contribution in [0.15, 0.2) is 48.5 Å². The maximum absolute atomic E-state index is 11.4. The van der Waals surface area contributed by atoms with Gasteiger partial charge in [0.05, 0.1) is 0 Å². The monoisotopic (exact) mass is 418 g/mol. The van der Waals surface area contributed by atoms with E-state index in [0.717, 1.165) is 5.56 Å².